The molecule has 86 valence electrons. The molecule has 2 unspecified atom stereocenters. The van der Waals surface area contributed by atoms with Crippen LogP contribution < -0.4 is 10.5 Å². The number of hydrogen-bond donors (Lipinski definition) is 1. The largest absolute Gasteiger partial charge is 0.490 e. The molecule has 1 heterocycles. The van der Waals surface area contributed by atoms with Crippen LogP contribution in [0.1, 0.15) is 18.9 Å². The lowest BCUT2D eigenvalue weighted by Crippen LogP contribution is -2.31. The van der Waals surface area contributed by atoms with E-state index in [1.807, 2.05) is 18.2 Å². The standard InChI is InChI=1S/C14H19NO/c1-3-14(2,10-15)9-12-8-11-6-4-5-7-13(11)16-12/h3-7,12H,1,8-10,15H2,2H3. The summed E-state index contributed by atoms with van der Waals surface area (Å²) < 4.78 is 5.90. The Labute approximate surface area is 97.1 Å². The number of rotatable bonds is 4. The molecule has 2 rings (SSSR count). The predicted octanol–water partition coefficient (Wildman–Crippen LogP) is 2.53. The molecule has 2 atom stereocenters. The summed E-state index contributed by atoms with van der Waals surface area (Å²) in [5, 5.41) is 0. The quantitative estimate of drug-likeness (QED) is 0.787. The van der Waals surface area contributed by atoms with Gasteiger partial charge in [0.05, 0.1) is 0 Å². The van der Waals surface area contributed by atoms with E-state index < -0.39 is 0 Å². The highest BCUT2D eigenvalue weighted by molar-refractivity contribution is 5.37. The SMILES string of the molecule is C=CC(C)(CN)CC1Cc2ccccc2O1. The first-order valence-corrected chi connectivity index (χ1v) is 5.75. The second-order valence-corrected chi connectivity index (χ2v) is 4.82. The molecule has 16 heavy (non-hydrogen) atoms. The molecule has 0 fully saturated rings. The van der Waals surface area contributed by atoms with E-state index in [1.54, 1.807) is 0 Å². The molecule has 0 spiro atoms. The van der Waals surface area contributed by atoms with Crippen LogP contribution in [0.25, 0.3) is 0 Å². The number of fused-ring (bicyclic) bond motifs is 1. The van der Waals surface area contributed by atoms with Gasteiger partial charge in [0, 0.05) is 18.4 Å². The molecular weight excluding hydrogens is 198 g/mol. The van der Waals surface area contributed by atoms with Crippen LogP contribution in [0.15, 0.2) is 36.9 Å². The van der Waals surface area contributed by atoms with Gasteiger partial charge in [-0.15, -0.1) is 6.58 Å². The highest BCUT2D eigenvalue weighted by atomic mass is 16.5. The maximum absolute atomic E-state index is 5.90. The minimum Gasteiger partial charge on any atom is -0.490 e. The van der Waals surface area contributed by atoms with Crippen LogP contribution in [-0.2, 0) is 6.42 Å². The maximum Gasteiger partial charge on any atom is 0.123 e. The van der Waals surface area contributed by atoms with Crippen LogP contribution in [-0.4, -0.2) is 12.6 Å². The Morgan fingerprint density at radius 2 is 2.31 bits per heavy atom. The summed E-state index contributed by atoms with van der Waals surface area (Å²) in [5.41, 5.74) is 7.05. The summed E-state index contributed by atoms with van der Waals surface area (Å²) >= 11 is 0. The van der Waals surface area contributed by atoms with Crippen molar-refractivity contribution in [3.8, 4) is 5.75 Å². The molecule has 0 aromatic heterocycles. The fourth-order valence-corrected chi connectivity index (χ4v) is 2.14. The molecule has 0 radical (unpaired) electrons. The number of ether oxygens (including phenoxy) is 1. The average molecular weight is 217 g/mol. The second-order valence-electron chi connectivity index (χ2n) is 4.82. The Morgan fingerprint density at radius 3 is 2.94 bits per heavy atom. The molecule has 1 aromatic carbocycles. The molecule has 1 aliphatic rings. The van der Waals surface area contributed by atoms with E-state index in [0.717, 1.165) is 18.6 Å². The Kier molecular flexibility index (Phi) is 3.01. The smallest absolute Gasteiger partial charge is 0.123 e. The predicted molar refractivity (Wildman–Crippen MR) is 66.5 cm³/mol. The van der Waals surface area contributed by atoms with E-state index in [-0.39, 0.29) is 11.5 Å². The van der Waals surface area contributed by atoms with Gasteiger partial charge >= 0.3 is 0 Å². The lowest BCUT2D eigenvalue weighted by molar-refractivity contribution is 0.175. The second kappa shape index (κ2) is 4.30. The van der Waals surface area contributed by atoms with E-state index in [9.17, 15) is 0 Å². The molecule has 0 saturated carbocycles. The third-order valence-corrected chi connectivity index (χ3v) is 3.37. The van der Waals surface area contributed by atoms with Gasteiger partial charge in [0.15, 0.2) is 0 Å². The van der Waals surface area contributed by atoms with Crippen molar-refractivity contribution < 1.29 is 4.74 Å². The molecule has 1 aliphatic heterocycles. The number of benzene rings is 1. The summed E-state index contributed by atoms with van der Waals surface area (Å²) in [6, 6.07) is 8.23. The van der Waals surface area contributed by atoms with Crippen LogP contribution in [0.3, 0.4) is 0 Å². The van der Waals surface area contributed by atoms with Crippen molar-refractivity contribution in [2.75, 3.05) is 6.54 Å². The van der Waals surface area contributed by atoms with Gasteiger partial charge in [-0.1, -0.05) is 31.2 Å². The van der Waals surface area contributed by atoms with Crippen molar-refractivity contribution in [2.24, 2.45) is 11.1 Å². The summed E-state index contributed by atoms with van der Waals surface area (Å²) in [4.78, 5) is 0. The monoisotopic (exact) mass is 217 g/mol. The van der Waals surface area contributed by atoms with Crippen molar-refractivity contribution in [2.45, 2.75) is 25.9 Å². The van der Waals surface area contributed by atoms with Gasteiger partial charge in [-0.2, -0.15) is 0 Å². The first kappa shape index (κ1) is 11.2. The van der Waals surface area contributed by atoms with Crippen LogP contribution in [0.4, 0.5) is 0 Å². The van der Waals surface area contributed by atoms with E-state index in [4.69, 9.17) is 10.5 Å². The molecule has 1 aromatic rings. The minimum atomic E-state index is -0.0211. The first-order valence-electron chi connectivity index (χ1n) is 5.75. The van der Waals surface area contributed by atoms with Crippen molar-refractivity contribution in [3.63, 3.8) is 0 Å². The van der Waals surface area contributed by atoms with Gasteiger partial charge in [-0.25, -0.2) is 0 Å². The van der Waals surface area contributed by atoms with Gasteiger partial charge in [0.25, 0.3) is 0 Å². The van der Waals surface area contributed by atoms with E-state index in [2.05, 4.69) is 25.6 Å². The third-order valence-electron chi connectivity index (χ3n) is 3.37. The van der Waals surface area contributed by atoms with Gasteiger partial charge in [0.1, 0.15) is 11.9 Å². The van der Waals surface area contributed by atoms with Crippen molar-refractivity contribution in [3.05, 3.63) is 42.5 Å². The minimum absolute atomic E-state index is 0.0211. The van der Waals surface area contributed by atoms with E-state index >= 15 is 0 Å². The fourth-order valence-electron chi connectivity index (χ4n) is 2.14. The third kappa shape index (κ3) is 2.12. The van der Waals surface area contributed by atoms with Gasteiger partial charge < -0.3 is 10.5 Å². The average Bonchev–Trinajstić information content (AvgIpc) is 2.70. The van der Waals surface area contributed by atoms with Crippen LogP contribution >= 0.6 is 0 Å². The lowest BCUT2D eigenvalue weighted by Gasteiger charge is -2.26. The summed E-state index contributed by atoms with van der Waals surface area (Å²) in [7, 11) is 0. The summed E-state index contributed by atoms with van der Waals surface area (Å²) in [6.07, 6.45) is 4.10. The Morgan fingerprint density at radius 1 is 1.56 bits per heavy atom. The van der Waals surface area contributed by atoms with E-state index in [0.29, 0.717) is 6.54 Å². The Hall–Kier alpha value is -1.28. The van der Waals surface area contributed by atoms with Crippen molar-refractivity contribution in [1.82, 2.24) is 0 Å². The summed E-state index contributed by atoms with van der Waals surface area (Å²) in [5.74, 6) is 1.02. The molecule has 2 nitrogen and oxygen atoms in total. The van der Waals surface area contributed by atoms with Crippen LogP contribution in [0.5, 0.6) is 5.75 Å². The number of para-hydroxylation sites is 1. The molecular formula is C14H19NO. The lowest BCUT2D eigenvalue weighted by atomic mass is 9.84. The zero-order valence-corrected chi connectivity index (χ0v) is 9.78. The van der Waals surface area contributed by atoms with Crippen LogP contribution in [0, 0.1) is 5.41 Å². The summed E-state index contributed by atoms with van der Waals surface area (Å²) in [6.45, 7) is 6.61. The molecule has 0 aliphatic carbocycles. The van der Waals surface area contributed by atoms with Crippen LogP contribution in [0.2, 0.25) is 0 Å². The van der Waals surface area contributed by atoms with Gasteiger partial charge in [-0.3, -0.25) is 0 Å². The number of nitrogens with two attached hydrogens (primary N) is 1. The molecule has 2 heteroatoms. The Balaban J connectivity index is 2.04. The van der Waals surface area contributed by atoms with Gasteiger partial charge in [-0.05, 0) is 18.1 Å². The fraction of sp³-hybridized carbons (Fsp3) is 0.429. The van der Waals surface area contributed by atoms with E-state index in [1.165, 1.54) is 5.56 Å². The molecule has 0 saturated heterocycles. The van der Waals surface area contributed by atoms with Crippen molar-refractivity contribution >= 4 is 0 Å². The highest BCUT2D eigenvalue weighted by Gasteiger charge is 2.29. The molecule has 0 bridgehead atoms. The highest BCUT2D eigenvalue weighted by Crippen LogP contribution is 2.34. The Bertz CT molecular complexity index is 363. The zero-order chi connectivity index (χ0) is 11.6. The zero-order valence-electron chi connectivity index (χ0n) is 9.78. The molecule has 2 N–H and O–H groups in total. The first-order chi connectivity index (χ1) is 7.67. The van der Waals surface area contributed by atoms with Crippen molar-refractivity contribution in [1.29, 1.82) is 0 Å². The number of hydrogen-bond acceptors (Lipinski definition) is 2. The maximum atomic E-state index is 5.90. The molecule has 0 amide bonds. The van der Waals surface area contributed by atoms with Gasteiger partial charge in [0.2, 0.25) is 0 Å². The normalized spacial score (nSPS) is 22.0. The topological polar surface area (TPSA) is 35.2 Å².